The van der Waals surface area contributed by atoms with E-state index in [1.165, 1.54) is 12.8 Å². The van der Waals surface area contributed by atoms with Crippen molar-refractivity contribution in [3.8, 4) is 0 Å². The van der Waals surface area contributed by atoms with Crippen LogP contribution in [0, 0.1) is 0 Å². The maximum absolute atomic E-state index is 4.54. The standard InChI is InChI=1S/C14H15N5S/c1-18-6-5-15-12(18)8-19(10-2-3-10)13-11-4-7-20-14(11)17-9-16-13/h4-7,9-10H,2-3,8H2,1H3. The number of imidazole rings is 1. The number of aryl methyl sites for hydroxylation is 1. The summed E-state index contributed by atoms with van der Waals surface area (Å²) in [5.74, 6) is 2.11. The monoisotopic (exact) mass is 285 g/mol. The molecular weight excluding hydrogens is 270 g/mol. The number of hydrogen-bond donors (Lipinski definition) is 0. The first-order valence-electron chi connectivity index (χ1n) is 6.74. The van der Waals surface area contributed by atoms with Crippen molar-refractivity contribution in [2.75, 3.05) is 4.90 Å². The highest BCUT2D eigenvalue weighted by Crippen LogP contribution is 2.36. The molecule has 0 spiro atoms. The minimum absolute atomic E-state index is 0.588. The molecule has 0 radical (unpaired) electrons. The summed E-state index contributed by atoms with van der Waals surface area (Å²) in [6, 6.07) is 2.70. The van der Waals surface area contributed by atoms with E-state index in [1.807, 2.05) is 19.4 Å². The molecule has 0 aliphatic heterocycles. The molecule has 0 unspecified atom stereocenters. The predicted molar refractivity (Wildman–Crippen MR) is 79.8 cm³/mol. The Morgan fingerprint density at radius 1 is 1.35 bits per heavy atom. The summed E-state index contributed by atoms with van der Waals surface area (Å²) in [5.41, 5.74) is 0. The molecule has 1 aliphatic rings. The first kappa shape index (κ1) is 11.8. The lowest BCUT2D eigenvalue weighted by atomic mass is 10.3. The number of hydrogen-bond acceptors (Lipinski definition) is 5. The molecule has 0 N–H and O–H groups in total. The van der Waals surface area contributed by atoms with Crippen LogP contribution in [-0.2, 0) is 13.6 Å². The fourth-order valence-electron chi connectivity index (χ4n) is 2.47. The van der Waals surface area contributed by atoms with Gasteiger partial charge in [-0.25, -0.2) is 15.0 Å². The summed E-state index contributed by atoms with van der Waals surface area (Å²) in [5, 5.41) is 3.23. The third-order valence-electron chi connectivity index (χ3n) is 3.73. The maximum atomic E-state index is 4.54. The van der Waals surface area contributed by atoms with Crippen LogP contribution in [0.4, 0.5) is 5.82 Å². The third-order valence-corrected chi connectivity index (χ3v) is 4.55. The molecule has 3 aromatic heterocycles. The van der Waals surface area contributed by atoms with Crippen molar-refractivity contribution in [3.05, 3.63) is 36.0 Å². The highest BCUT2D eigenvalue weighted by atomic mass is 32.1. The minimum Gasteiger partial charge on any atom is -0.346 e. The van der Waals surface area contributed by atoms with E-state index in [1.54, 1.807) is 17.7 Å². The molecule has 0 bridgehead atoms. The van der Waals surface area contributed by atoms with Crippen molar-refractivity contribution >= 4 is 27.4 Å². The Hall–Kier alpha value is -1.95. The molecule has 0 aromatic carbocycles. The average Bonchev–Trinajstić information content (AvgIpc) is 3.04. The normalized spacial score (nSPS) is 14.8. The SMILES string of the molecule is Cn1ccnc1CN(c1ncnc2sccc12)C1CC1. The van der Waals surface area contributed by atoms with Crippen molar-refractivity contribution in [1.82, 2.24) is 19.5 Å². The number of thiophene rings is 1. The molecule has 1 saturated carbocycles. The quantitative estimate of drug-likeness (QED) is 0.739. The molecule has 3 aromatic rings. The van der Waals surface area contributed by atoms with Crippen LogP contribution in [0.3, 0.4) is 0 Å². The van der Waals surface area contributed by atoms with Gasteiger partial charge in [0, 0.05) is 25.5 Å². The van der Waals surface area contributed by atoms with Gasteiger partial charge in [0.2, 0.25) is 0 Å². The molecular formula is C14H15N5S. The summed E-state index contributed by atoms with van der Waals surface area (Å²) in [6.45, 7) is 0.802. The van der Waals surface area contributed by atoms with E-state index in [9.17, 15) is 0 Å². The first-order chi connectivity index (χ1) is 9.83. The van der Waals surface area contributed by atoms with Gasteiger partial charge >= 0.3 is 0 Å². The van der Waals surface area contributed by atoms with Gasteiger partial charge in [-0.1, -0.05) is 0 Å². The van der Waals surface area contributed by atoms with Gasteiger partial charge in [-0.05, 0) is 24.3 Å². The second kappa shape index (κ2) is 4.56. The summed E-state index contributed by atoms with van der Waals surface area (Å²) < 4.78 is 2.07. The highest BCUT2D eigenvalue weighted by Gasteiger charge is 2.32. The first-order valence-corrected chi connectivity index (χ1v) is 7.62. The Labute approximate surface area is 120 Å². The lowest BCUT2D eigenvalue weighted by Crippen LogP contribution is -2.27. The maximum Gasteiger partial charge on any atom is 0.141 e. The highest BCUT2D eigenvalue weighted by molar-refractivity contribution is 7.16. The molecule has 0 amide bonds. The molecule has 4 rings (SSSR count). The van der Waals surface area contributed by atoms with Crippen LogP contribution in [0.25, 0.3) is 10.2 Å². The molecule has 5 nitrogen and oxygen atoms in total. The number of nitrogens with zero attached hydrogens (tertiary/aromatic N) is 5. The average molecular weight is 285 g/mol. The fraction of sp³-hybridized carbons (Fsp3) is 0.357. The topological polar surface area (TPSA) is 46.8 Å². The van der Waals surface area contributed by atoms with Crippen LogP contribution in [0.15, 0.2) is 30.2 Å². The fourth-order valence-corrected chi connectivity index (χ4v) is 3.20. The molecule has 1 aliphatic carbocycles. The predicted octanol–water partition coefficient (Wildman–Crippen LogP) is 2.59. The van der Waals surface area contributed by atoms with E-state index in [0.29, 0.717) is 6.04 Å². The Kier molecular flexibility index (Phi) is 2.70. The zero-order valence-electron chi connectivity index (χ0n) is 11.2. The van der Waals surface area contributed by atoms with E-state index >= 15 is 0 Å². The second-order valence-corrected chi connectivity index (χ2v) is 6.04. The van der Waals surface area contributed by atoms with Crippen molar-refractivity contribution in [2.45, 2.75) is 25.4 Å². The lowest BCUT2D eigenvalue weighted by Gasteiger charge is -2.23. The number of aromatic nitrogens is 4. The van der Waals surface area contributed by atoms with Gasteiger partial charge in [0.25, 0.3) is 0 Å². The van der Waals surface area contributed by atoms with Crippen LogP contribution < -0.4 is 4.90 Å². The summed E-state index contributed by atoms with van der Waals surface area (Å²) in [7, 11) is 2.04. The van der Waals surface area contributed by atoms with Crippen molar-refractivity contribution < 1.29 is 0 Å². The van der Waals surface area contributed by atoms with Crippen molar-refractivity contribution in [2.24, 2.45) is 7.05 Å². The molecule has 0 saturated heterocycles. The summed E-state index contributed by atoms with van der Waals surface area (Å²) in [4.78, 5) is 16.7. The van der Waals surface area contributed by atoms with E-state index in [0.717, 1.165) is 28.4 Å². The van der Waals surface area contributed by atoms with Gasteiger partial charge in [-0.15, -0.1) is 11.3 Å². The van der Waals surface area contributed by atoms with Gasteiger partial charge in [-0.3, -0.25) is 0 Å². The number of anilines is 1. The van der Waals surface area contributed by atoms with E-state index in [2.05, 4.69) is 35.9 Å². The van der Waals surface area contributed by atoms with Crippen LogP contribution >= 0.6 is 11.3 Å². The van der Waals surface area contributed by atoms with Crippen LogP contribution in [0.1, 0.15) is 18.7 Å². The van der Waals surface area contributed by atoms with Crippen molar-refractivity contribution in [1.29, 1.82) is 0 Å². The molecule has 6 heteroatoms. The van der Waals surface area contributed by atoms with Crippen LogP contribution in [-0.4, -0.2) is 25.6 Å². The lowest BCUT2D eigenvalue weighted by molar-refractivity contribution is 0.705. The van der Waals surface area contributed by atoms with Crippen LogP contribution in [0.5, 0.6) is 0 Å². The Bertz CT molecular complexity index is 743. The van der Waals surface area contributed by atoms with Gasteiger partial charge in [0.15, 0.2) is 0 Å². The van der Waals surface area contributed by atoms with Gasteiger partial charge in [-0.2, -0.15) is 0 Å². The van der Waals surface area contributed by atoms with E-state index in [-0.39, 0.29) is 0 Å². The van der Waals surface area contributed by atoms with Gasteiger partial charge < -0.3 is 9.47 Å². The molecule has 0 atom stereocenters. The Balaban J connectivity index is 1.76. The molecule has 1 fully saturated rings. The number of fused-ring (bicyclic) bond motifs is 1. The summed E-state index contributed by atoms with van der Waals surface area (Å²) >= 11 is 1.66. The smallest absolute Gasteiger partial charge is 0.141 e. The van der Waals surface area contributed by atoms with E-state index in [4.69, 9.17) is 0 Å². The molecule has 102 valence electrons. The molecule has 3 heterocycles. The number of rotatable bonds is 4. The van der Waals surface area contributed by atoms with E-state index < -0.39 is 0 Å². The summed E-state index contributed by atoms with van der Waals surface area (Å²) in [6.07, 6.45) is 7.98. The van der Waals surface area contributed by atoms with Gasteiger partial charge in [0.05, 0.1) is 11.9 Å². The molecule has 20 heavy (non-hydrogen) atoms. The third kappa shape index (κ3) is 1.96. The zero-order chi connectivity index (χ0) is 13.5. The zero-order valence-corrected chi connectivity index (χ0v) is 12.0. The van der Waals surface area contributed by atoms with Crippen LogP contribution in [0.2, 0.25) is 0 Å². The second-order valence-electron chi connectivity index (χ2n) is 5.15. The van der Waals surface area contributed by atoms with Crippen molar-refractivity contribution in [3.63, 3.8) is 0 Å². The Morgan fingerprint density at radius 3 is 3.00 bits per heavy atom. The van der Waals surface area contributed by atoms with Gasteiger partial charge in [0.1, 0.15) is 22.8 Å². The minimum atomic E-state index is 0.588. The largest absolute Gasteiger partial charge is 0.346 e. The Morgan fingerprint density at radius 2 is 2.25 bits per heavy atom.